The van der Waals surface area contributed by atoms with Crippen LogP contribution in [0.4, 0.5) is 0 Å². The van der Waals surface area contributed by atoms with Crippen LogP contribution in [0.5, 0.6) is 0 Å². The lowest BCUT2D eigenvalue weighted by Crippen LogP contribution is -2.02. The largest absolute Gasteiger partial charge is 0.456 e. The summed E-state index contributed by atoms with van der Waals surface area (Å²) in [6.45, 7) is 1.18. The second-order valence-electron chi connectivity index (χ2n) is 7.65. The van der Waals surface area contributed by atoms with Crippen LogP contribution in [0.1, 0.15) is 0 Å². The average Bonchev–Trinajstić information content (AvgIpc) is 3.61. The van der Waals surface area contributed by atoms with Crippen molar-refractivity contribution in [3.05, 3.63) is 85.5 Å². The number of furan rings is 1. The number of imidazole rings is 2. The van der Waals surface area contributed by atoms with E-state index in [-0.39, 0.29) is 13.2 Å². The predicted octanol–water partition coefficient (Wildman–Crippen LogP) is 4.33. The van der Waals surface area contributed by atoms with Gasteiger partial charge >= 0.3 is 0 Å². The molecule has 2 N–H and O–H groups in total. The van der Waals surface area contributed by atoms with Gasteiger partial charge in [-0.3, -0.25) is 0 Å². The molecule has 0 fully saturated rings. The Morgan fingerprint density at radius 3 is 1.36 bits per heavy atom. The third kappa shape index (κ3) is 4.24. The zero-order valence-electron chi connectivity index (χ0n) is 18.0. The maximum absolute atomic E-state index is 9.22. The fourth-order valence-electron chi connectivity index (χ4n) is 3.93. The highest BCUT2D eigenvalue weighted by Gasteiger charge is 2.11. The van der Waals surface area contributed by atoms with E-state index in [1.54, 1.807) is 12.4 Å². The molecule has 5 aromatic rings. The summed E-state index contributed by atoms with van der Waals surface area (Å²) < 4.78 is 9.99. The molecule has 0 aliphatic rings. The van der Waals surface area contributed by atoms with Crippen molar-refractivity contribution in [1.29, 1.82) is 0 Å². The van der Waals surface area contributed by atoms with Crippen molar-refractivity contribution >= 4 is 0 Å². The fourth-order valence-corrected chi connectivity index (χ4v) is 3.93. The van der Waals surface area contributed by atoms with E-state index in [1.807, 2.05) is 82.2 Å². The molecule has 2 aromatic carbocycles. The Morgan fingerprint density at radius 2 is 0.970 bits per heavy atom. The molecular weight excluding hydrogens is 416 g/mol. The predicted molar refractivity (Wildman–Crippen MR) is 126 cm³/mol. The summed E-state index contributed by atoms with van der Waals surface area (Å²) in [5.41, 5.74) is 3.93. The van der Waals surface area contributed by atoms with E-state index < -0.39 is 0 Å². The van der Waals surface area contributed by atoms with Gasteiger partial charge in [-0.15, -0.1) is 0 Å². The van der Waals surface area contributed by atoms with Gasteiger partial charge in [-0.25, -0.2) is 9.97 Å². The molecule has 0 aliphatic carbocycles. The van der Waals surface area contributed by atoms with Crippen molar-refractivity contribution in [2.75, 3.05) is 13.2 Å². The summed E-state index contributed by atoms with van der Waals surface area (Å²) in [5.74, 6) is 3.24. The molecule has 7 heteroatoms. The summed E-state index contributed by atoms with van der Waals surface area (Å²) in [5, 5.41) is 18.4. The first-order valence-electron chi connectivity index (χ1n) is 10.8. The van der Waals surface area contributed by atoms with Crippen molar-refractivity contribution < 1.29 is 14.6 Å². The number of aliphatic hydroxyl groups is 2. The van der Waals surface area contributed by atoms with Crippen LogP contribution < -0.4 is 0 Å². The van der Waals surface area contributed by atoms with Gasteiger partial charge in [-0.05, 0) is 12.1 Å². The Balaban J connectivity index is 1.35. The first-order chi connectivity index (χ1) is 16.3. The van der Waals surface area contributed by atoms with Crippen LogP contribution in [0.2, 0.25) is 0 Å². The molecule has 0 atom stereocenters. The Morgan fingerprint density at radius 1 is 0.576 bits per heavy atom. The summed E-state index contributed by atoms with van der Waals surface area (Å²) in [4.78, 5) is 8.80. The summed E-state index contributed by atoms with van der Waals surface area (Å²) in [7, 11) is 0. The van der Waals surface area contributed by atoms with Gasteiger partial charge < -0.3 is 23.8 Å². The lowest BCUT2D eigenvalue weighted by Gasteiger charge is -2.07. The van der Waals surface area contributed by atoms with Crippen molar-refractivity contribution in [1.82, 2.24) is 19.1 Å². The first kappa shape index (κ1) is 20.9. The third-order valence-electron chi connectivity index (χ3n) is 5.57. The van der Waals surface area contributed by atoms with E-state index in [9.17, 15) is 10.2 Å². The Bertz CT molecular complexity index is 1230. The van der Waals surface area contributed by atoms with Gasteiger partial charge in [0.1, 0.15) is 23.2 Å². The normalized spacial score (nSPS) is 11.2. The van der Waals surface area contributed by atoms with E-state index in [2.05, 4.69) is 9.97 Å². The molecular formula is C26H24N4O3. The average molecular weight is 441 g/mol. The number of benzene rings is 2. The lowest BCUT2D eigenvalue weighted by atomic mass is 10.1. The number of nitrogens with zero attached hydrogens (tertiary/aromatic N) is 4. The fraction of sp³-hybridized carbons (Fsp3) is 0.154. The molecule has 5 rings (SSSR count). The van der Waals surface area contributed by atoms with Crippen LogP contribution in [0.25, 0.3) is 45.4 Å². The minimum absolute atomic E-state index is 0.0729. The van der Waals surface area contributed by atoms with E-state index >= 15 is 0 Å². The van der Waals surface area contributed by atoms with Gasteiger partial charge in [0, 0.05) is 60.1 Å². The van der Waals surface area contributed by atoms with Gasteiger partial charge in [0.05, 0.1) is 13.2 Å². The van der Waals surface area contributed by atoms with Crippen molar-refractivity contribution in [2.45, 2.75) is 13.1 Å². The molecule has 0 spiro atoms. The monoisotopic (exact) mass is 440 g/mol. The molecule has 0 bridgehead atoms. The molecule has 166 valence electrons. The number of rotatable bonds is 8. The summed E-state index contributed by atoms with van der Waals surface area (Å²) in [6, 6.07) is 20.0. The minimum atomic E-state index is 0.0729. The van der Waals surface area contributed by atoms with Crippen molar-refractivity contribution in [3.63, 3.8) is 0 Å². The molecule has 0 amide bonds. The second kappa shape index (κ2) is 9.28. The first-order valence-corrected chi connectivity index (χ1v) is 10.8. The molecule has 3 aromatic heterocycles. The lowest BCUT2D eigenvalue weighted by molar-refractivity contribution is 0.276. The van der Waals surface area contributed by atoms with Crippen LogP contribution >= 0.6 is 0 Å². The van der Waals surface area contributed by atoms with Gasteiger partial charge in [-0.1, -0.05) is 48.5 Å². The SMILES string of the molecule is OCCn1ccnc1-c1ccc(-c2ccc(-c3ccc(-c4nccn4CCO)cc3)o2)cc1. The van der Waals surface area contributed by atoms with Crippen LogP contribution in [-0.2, 0) is 13.1 Å². The van der Waals surface area contributed by atoms with E-state index in [1.165, 1.54) is 0 Å². The number of hydrogen-bond donors (Lipinski definition) is 2. The number of aromatic nitrogens is 4. The van der Waals surface area contributed by atoms with E-state index in [4.69, 9.17) is 4.42 Å². The van der Waals surface area contributed by atoms with Crippen LogP contribution in [0.3, 0.4) is 0 Å². The topological polar surface area (TPSA) is 89.2 Å². The molecule has 0 unspecified atom stereocenters. The smallest absolute Gasteiger partial charge is 0.139 e. The van der Waals surface area contributed by atoms with Gasteiger partial charge in [-0.2, -0.15) is 0 Å². The van der Waals surface area contributed by atoms with E-state index in [0.717, 1.165) is 45.4 Å². The van der Waals surface area contributed by atoms with Crippen molar-refractivity contribution in [3.8, 4) is 45.4 Å². The van der Waals surface area contributed by atoms with Crippen LogP contribution in [0.15, 0.2) is 89.9 Å². The molecule has 7 nitrogen and oxygen atoms in total. The van der Waals surface area contributed by atoms with Crippen LogP contribution in [-0.4, -0.2) is 42.5 Å². The molecule has 33 heavy (non-hydrogen) atoms. The maximum atomic E-state index is 9.22. The Kier molecular flexibility index (Phi) is 5.89. The van der Waals surface area contributed by atoms with Gasteiger partial charge in [0.15, 0.2) is 0 Å². The number of aliphatic hydroxyl groups excluding tert-OH is 2. The second-order valence-corrected chi connectivity index (χ2v) is 7.65. The highest BCUT2D eigenvalue weighted by atomic mass is 16.3. The zero-order valence-corrected chi connectivity index (χ0v) is 18.0. The van der Waals surface area contributed by atoms with Crippen LogP contribution in [0, 0.1) is 0 Å². The maximum Gasteiger partial charge on any atom is 0.139 e. The highest BCUT2D eigenvalue weighted by molar-refractivity contribution is 5.69. The third-order valence-corrected chi connectivity index (χ3v) is 5.57. The minimum Gasteiger partial charge on any atom is -0.456 e. The number of hydrogen-bond acceptors (Lipinski definition) is 5. The molecule has 0 radical (unpaired) electrons. The van der Waals surface area contributed by atoms with Gasteiger partial charge in [0.25, 0.3) is 0 Å². The van der Waals surface area contributed by atoms with Gasteiger partial charge in [0.2, 0.25) is 0 Å². The molecule has 0 saturated carbocycles. The quantitative estimate of drug-likeness (QED) is 0.375. The highest BCUT2D eigenvalue weighted by Crippen LogP contribution is 2.31. The molecule has 0 aliphatic heterocycles. The summed E-state index contributed by atoms with van der Waals surface area (Å²) in [6.07, 6.45) is 7.21. The Labute approximate surface area is 191 Å². The zero-order chi connectivity index (χ0) is 22.6. The molecule has 3 heterocycles. The molecule has 0 saturated heterocycles. The Hall–Kier alpha value is -3.94. The summed E-state index contributed by atoms with van der Waals surface area (Å²) >= 11 is 0. The standard InChI is InChI=1S/C26H24N4O3/c31-17-15-29-13-11-27-25(29)21-5-1-19(2-6-21)23-9-10-24(33-23)20-3-7-22(8-4-20)26-28-12-14-30(26)16-18-32/h1-14,31-32H,15-18H2. The van der Waals surface area contributed by atoms with E-state index in [0.29, 0.717) is 13.1 Å². The van der Waals surface area contributed by atoms with Crippen molar-refractivity contribution in [2.24, 2.45) is 0 Å².